The predicted octanol–water partition coefficient (Wildman–Crippen LogP) is 5.18. The third kappa shape index (κ3) is 7.13. The van der Waals surface area contributed by atoms with Crippen molar-refractivity contribution in [3.63, 3.8) is 0 Å². The number of carbonyl (C=O) groups is 1. The summed E-state index contributed by atoms with van der Waals surface area (Å²) >= 11 is 0. The number of para-hydroxylation sites is 1. The molecule has 0 spiro atoms. The first kappa shape index (κ1) is 16.5. The van der Waals surface area contributed by atoms with Gasteiger partial charge in [-0.05, 0) is 31.4 Å². The molecule has 0 aliphatic heterocycles. The summed E-state index contributed by atoms with van der Waals surface area (Å²) in [6.45, 7) is 4.43. The largest absolute Gasteiger partial charge is 0.493 e. The minimum absolute atomic E-state index is 0.634. The molecule has 0 fully saturated rings. The van der Waals surface area contributed by atoms with Gasteiger partial charge in [-0.25, -0.2) is 0 Å². The van der Waals surface area contributed by atoms with Gasteiger partial charge in [-0.1, -0.05) is 50.3 Å². The standard InChI is InChI=1S/C18H26O2/c1-2-3-4-5-6-7-8-9-12-15-20-18-14-11-10-13-17(18)16-19/h2,10-11,13-14,16H,1,3-9,12,15H2. The van der Waals surface area contributed by atoms with Crippen molar-refractivity contribution < 1.29 is 9.53 Å². The van der Waals surface area contributed by atoms with E-state index in [0.29, 0.717) is 17.9 Å². The third-order valence-corrected chi connectivity index (χ3v) is 3.36. The summed E-state index contributed by atoms with van der Waals surface area (Å²) < 4.78 is 5.65. The Morgan fingerprint density at radius 2 is 1.60 bits per heavy atom. The van der Waals surface area contributed by atoms with Gasteiger partial charge in [0.25, 0.3) is 0 Å². The van der Waals surface area contributed by atoms with Gasteiger partial charge >= 0.3 is 0 Å². The van der Waals surface area contributed by atoms with E-state index in [2.05, 4.69) is 6.58 Å². The summed E-state index contributed by atoms with van der Waals surface area (Å²) in [4.78, 5) is 10.8. The number of rotatable bonds is 12. The summed E-state index contributed by atoms with van der Waals surface area (Å²) in [5, 5.41) is 0. The molecule has 1 aromatic rings. The number of unbranched alkanes of at least 4 members (excludes halogenated alkanes) is 7. The summed E-state index contributed by atoms with van der Waals surface area (Å²) in [6, 6.07) is 7.38. The molecule has 0 N–H and O–H groups in total. The number of carbonyl (C=O) groups excluding carboxylic acids is 1. The van der Waals surface area contributed by atoms with Crippen molar-refractivity contribution in [3.05, 3.63) is 42.5 Å². The van der Waals surface area contributed by atoms with Gasteiger partial charge in [0.15, 0.2) is 6.29 Å². The molecule has 0 heterocycles. The Kier molecular flexibility index (Phi) is 9.29. The van der Waals surface area contributed by atoms with Crippen LogP contribution in [-0.4, -0.2) is 12.9 Å². The van der Waals surface area contributed by atoms with Crippen LogP contribution in [0.2, 0.25) is 0 Å². The molecule has 2 heteroatoms. The second-order valence-corrected chi connectivity index (χ2v) is 5.06. The van der Waals surface area contributed by atoms with Crippen molar-refractivity contribution in [2.24, 2.45) is 0 Å². The van der Waals surface area contributed by atoms with Crippen LogP contribution in [0.15, 0.2) is 36.9 Å². The van der Waals surface area contributed by atoms with E-state index in [0.717, 1.165) is 19.1 Å². The first-order chi connectivity index (χ1) is 9.88. The van der Waals surface area contributed by atoms with E-state index in [9.17, 15) is 4.79 Å². The first-order valence-electron chi connectivity index (χ1n) is 7.66. The Morgan fingerprint density at radius 1 is 0.950 bits per heavy atom. The summed E-state index contributed by atoms with van der Waals surface area (Å²) in [7, 11) is 0. The van der Waals surface area contributed by atoms with Crippen LogP contribution in [0.3, 0.4) is 0 Å². The van der Waals surface area contributed by atoms with Crippen molar-refractivity contribution in [1.29, 1.82) is 0 Å². The fourth-order valence-corrected chi connectivity index (χ4v) is 2.17. The van der Waals surface area contributed by atoms with Crippen LogP contribution in [0.5, 0.6) is 5.75 Å². The third-order valence-electron chi connectivity index (χ3n) is 3.36. The van der Waals surface area contributed by atoms with Gasteiger partial charge in [-0.15, -0.1) is 6.58 Å². The van der Waals surface area contributed by atoms with E-state index in [1.165, 1.54) is 38.5 Å². The van der Waals surface area contributed by atoms with Crippen LogP contribution < -0.4 is 4.74 Å². The summed E-state index contributed by atoms with van der Waals surface area (Å²) in [5.74, 6) is 0.701. The molecule has 110 valence electrons. The topological polar surface area (TPSA) is 26.3 Å². The highest BCUT2D eigenvalue weighted by Gasteiger charge is 2.00. The van der Waals surface area contributed by atoms with Crippen LogP contribution in [-0.2, 0) is 0 Å². The van der Waals surface area contributed by atoms with Gasteiger partial charge in [0.2, 0.25) is 0 Å². The van der Waals surface area contributed by atoms with E-state index in [1.807, 2.05) is 24.3 Å². The van der Waals surface area contributed by atoms with E-state index in [-0.39, 0.29) is 0 Å². The second-order valence-electron chi connectivity index (χ2n) is 5.06. The molecule has 20 heavy (non-hydrogen) atoms. The summed E-state index contributed by atoms with van der Waals surface area (Å²) in [6.07, 6.45) is 12.7. The van der Waals surface area contributed by atoms with E-state index in [1.54, 1.807) is 6.07 Å². The molecule has 0 aromatic heterocycles. The molecule has 0 radical (unpaired) electrons. The lowest BCUT2D eigenvalue weighted by Gasteiger charge is -2.07. The van der Waals surface area contributed by atoms with E-state index < -0.39 is 0 Å². The Hall–Kier alpha value is -1.57. The fraction of sp³-hybridized carbons (Fsp3) is 0.500. The fourth-order valence-electron chi connectivity index (χ4n) is 2.17. The lowest BCUT2D eigenvalue weighted by atomic mass is 10.1. The highest BCUT2D eigenvalue weighted by Crippen LogP contribution is 2.16. The van der Waals surface area contributed by atoms with Crippen molar-refractivity contribution in [2.45, 2.75) is 51.4 Å². The predicted molar refractivity (Wildman–Crippen MR) is 84.5 cm³/mol. The summed E-state index contributed by atoms with van der Waals surface area (Å²) in [5.41, 5.74) is 0.634. The maximum Gasteiger partial charge on any atom is 0.153 e. The monoisotopic (exact) mass is 274 g/mol. The number of benzene rings is 1. The van der Waals surface area contributed by atoms with Crippen molar-refractivity contribution in [2.75, 3.05) is 6.61 Å². The molecule has 2 nitrogen and oxygen atoms in total. The van der Waals surface area contributed by atoms with E-state index in [4.69, 9.17) is 4.74 Å². The molecule has 0 bridgehead atoms. The van der Waals surface area contributed by atoms with Gasteiger partial charge in [0, 0.05) is 0 Å². The Morgan fingerprint density at radius 3 is 2.30 bits per heavy atom. The van der Waals surface area contributed by atoms with Crippen LogP contribution in [0.25, 0.3) is 0 Å². The highest BCUT2D eigenvalue weighted by molar-refractivity contribution is 5.79. The lowest BCUT2D eigenvalue weighted by Crippen LogP contribution is -1.99. The molecule has 0 aliphatic carbocycles. The lowest BCUT2D eigenvalue weighted by molar-refractivity contribution is 0.111. The molecule has 1 rings (SSSR count). The number of allylic oxidation sites excluding steroid dienone is 1. The smallest absolute Gasteiger partial charge is 0.153 e. The molecular weight excluding hydrogens is 248 g/mol. The SMILES string of the molecule is C=CCCCCCCCCCOc1ccccc1C=O. The number of hydrogen-bond acceptors (Lipinski definition) is 2. The Labute approximate surface area is 122 Å². The van der Waals surface area contributed by atoms with Crippen molar-refractivity contribution >= 4 is 6.29 Å². The molecular formula is C18H26O2. The molecule has 1 aromatic carbocycles. The van der Waals surface area contributed by atoms with Gasteiger partial charge < -0.3 is 4.74 Å². The zero-order chi connectivity index (χ0) is 14.5. The number of hydrogen-bond donors (Lipinski definition) is 0. The molecule has 0 aliphatic rings. The maximum atomic E-state index is 10.8. The Bertz CT molecular complexity index is 385. The van der Waals surface area contributed by atoms with Gasteiger partial charge in [0.1, 0.15) is 5.75 Å². The second kappa shape index (κ2) is 11.3. The normalized spacial score (nSPS) is 10.2. The van der Waals surface area contributed by atoms with Crippen molar-refractivity contribution in [1.82, 2.24) is 0 Å². The van der Waals surface area contributed by atoms with Gasteiger partial charge in [-0.3, -0.25) is 4.79 Å². The average molecular weight is 274 g/mol. The minimum Gasteiger partial charge on any atom is -0.493 e. The highest BCUT2D eigenvalue weighted by atomic mass is 16.5. The minimum atomic E-state index is 0.634. The molecule has 0 amide bonds. The van der Waals surface area contributed by atoms with Crippen LogP contribution in [0, 0.1) is 0 Å². The molecule has 0 saturated carbocycles. The van der Waals surface area contributed by atoms with Crippen LogP contribution >= 0.6 is 0 Å². The average Bonchev–Trinajstić information content (AvgIpc) is 2.49. The van der Waals surface area contributed by atoms with Gasteiger partial charge in [-0.2, -0.15) is 0 Å². The maximum absolute atomic E-state index is 10.8. The first-order valence-corrected chi connectivity index (χ1v) is 7.66. The van der Waals surface area contributed by atoms with Crippen LogP contribution in [0.1, 0.15) is 61.7 Å². The Balaban J connectivity index is 1.99. The molecule has 0 saturated heterocycles. The van der Waals surface area contributed by atoms with Crippen molar-refractivity contribution in [3.8, 4) is 5.75 Å². The van der Waals surface area contributed by atoms with Crippen LogP contribution in [0.4, 0.5) is 0 Å². The van der Waals surface area contributed by atoms with Gasteiger partial charge in [0.05, 0.1) is 12.2 Å². The number of aldehydes is 1. The van der Waals surface area contributed by atoms with E-state index >= 15 is 0 Å². The quantitative estimate of drug-likeness (QED) is 0.298. The molecule has 0 atom stereocenters. The molecule has 0 unspecified atom stereocenters. The zero-order valence-electron chi connectivity index (χ0n) is 12.4. The zero-order valence-corrected chi connectivity index (χ0v) is 12.4. The number of ether oxygens (including phenoxy) is 1.